The topological polar surface area (TPSA) is 88.0 Å². The van der Waals surface area contributed by atoms with Gasteiger partial charge in [0, 0.05) is 32.2 Å². The Hall–Kier alpha value is -3.29. The van der Waals surface area contributed by atoms with Crippen LogP contribution in [-0.2, 0) is 0 Å². The number of anilines is 1. The zero-order valence-electron chi connectivity index (χ0n) is 15.8. The average molecular weight is 384 g/mol. The number of urea groups is 1. The van der Waals surface area contributed by atoms with E-state index in [0.29, 0.717) is 45.0 Å². The van der Waals surface area contributed by atoms with Crippen LogP contribution in [0.25, 0.3) is 0 Å². The van der Waals surface area contributed by atoms with Crippen molar-refractivity contribution in [1.29, 1.82) is 0 Å². The number of para-hydroxylation sites is 3. The molecule has 0 bridgehead atoms. The van der Waals surface area contributed by atoms with Crippen molar-refractivity contribution < 1.29 is 14.5 Å². The minimum atomic E-state index is -0.372. The number of carbonyl (C=O) groups is 1. The van der Waals surface area contributed by atoms with Gasteiger partial charge in [-0.25, -0.2) is 4.79 Å². The van der Waals surface area contributed by atoms with E-state index in [2.05, 4.69) is 5.32 Å². The molecule has 1 N–H and O–H groups in total. The predicted molar refractivity (Wildman–Crippen MR) is 107 cm³/mol. The molecule has 0 atom stereocenters. The standard InChI is InChI=1S/C20H24N4O4/c1-16-6-2-5-9-19(16)28-15-10-21-20(25)23-13-11-22(12-14-23)17-7-3-4-8-18(17)24(26)27/h2-9H,10-15H2,1H3,(H,21,25). The van der Waals surface area contributed by atoms with E-state index in [1.807, 2.05) is 36.1 Å². The first kappa shape index (κ1) is 19.5. The zero-order valence-corrected chi connectivity index (χ0v) is 15.8. The van der Waals surface area contributed by atoms with Gasteiger partial charge in [-0.15, -0.1) is 0 Å². The zero-order chi connectivity index (χ0) is 19.9. The highest BCUT2D eigenvalue weighted by Gasteiger charge is 2.25. The number of aryl methyl sites for hydroxylation is 1. The van der Waals surface area contributed by atoms with Gasteiger partial charge in [-0.3, -0.25) is 10.1 Å². The molecule has 1 aliphatic heterocycles. The number of carbonyl (C=O) groups excluding carboxylic acids is 1. The molecule has 2 aromatic rings. The van der Waals surface area contributed by atoms with Crippen molar-refractivity contribution in [2.75, 3.05) is 44.2 Å². The van der Waals surface area contributed by atoms with Gasteiger partial charge in [0.25, 0.3) is 5.69 Å². The van der Waals surface area contributed by atoms with E-state index in [-0.39, 0.29) is 16.6 Å². The van der Waals surface area contributed by atoms with Gasteiger partial charge in [-0.1, -0.05) is 30.3 Å². The molecule has 0 saturated carbocycles. The lowest BCUT2D eigenvalue weighted by Crippen LogP contribution is -2.52. The van der Waals surface area contributed by atoms with Crippen LogP contribution < -0.4 is 15.0 Å². The number of nitro benzene ring substituents is 1. The van der Waals surface area contributed by atoms with Gasteiger partial charge >= 0.3 is 6.03 Å². The highest BCUT2D eigenvalue weighted by Crippen LogP contribution is 2.28. The number of nitrogens with one attached hydrogen (secondary N) is 1. The Morgan fingerprint density at radius 3 is 2.50 bits per heavy atom. The van der Waals surface area contributed by atoms with Crippen LogP contribution >= 0.6 is 0 Å². The largest absolute Gasteiger partial charge is 0.491 e. The molecule has 8 heteroatoms. The number of nitro groups is 1. The summed E-state index contributed by atoms with van der Waals surface area (Å²) in [6.07, 6.45) is 0. The SMILES string of the molecule is Cc1ccccc1OCCNC(=O)N1CCN(c2ccccc2[N+](=O)[O-])CC1. The second kappa shape index (κ2) is 9.07. The van der Waals surface area contributed by atoms with Crippen LogP contribution in [0, 0.1) is 17.0 Å². The van der Waals surface area contributed by atoms with Crippen molar-refractivity contribution >= 4 is 17.4 Å². The van der Waals surface area contributed by atoms with Crippen molar-refractivity contribution in [3.63, 3.8) is 0 Å². The Morgan fingerprint density at radius 2 is 1.79 bits per heavy atom. The minimum absolute atomic E-state index is 0.0914. The van der Waals surface area contributed by atoms with Crippen LogP contribution in [0.4, 0.5) is 16.2 Å². The van der Waals surface area contributed by atoms with Gasteiger partial charge in [-0.2, -0.15) is 0 Å². The highest BCUT2D eigenvalue weighted by atomic mass is 16.6. The number of hydrogen-bond donors (Lipinski definition) is 1. The molecular formula is C20H24N4O4. The summed E-state index contributed by atoms with van der Waals surface area (Å²) in [5.41, 5.74) is 1.74. The third kappa shape index (κ3) is 4.70. The summed E-state index contributed by atoms with van der Waals surface area (Å²) in [6, 6.07) is 14.3. The number of amides is 2. The Labute approximate surface area is 163 Å². The third-order valence-electron chi connectivity index (χ3n) is 4.72. The average Bonchev–Trinajstić information content (AvgIpc) is 2.72. The first-order valence-electron chi connectivity index (χ1n) is 9.26. The third-order valence-corrected chi connectivity index (χ3v) is 4.72. The summed E-state index contributed by atoms with van der Waals surface area (Å²) in [4.78, 5) is 26.8. The number of nitrogens with zero attached hydrogens (tertiary/aromatic N) is 3. The Kier molecular flexibility index (Phi) is 6.31. The summed E-state index contributed by atoms with van der Waals surface area (Å²) in [6.45, 7) is 4.91. The van der Waals surface area contributed by atoms with Crippen LogP contribution in [0.2, 0.25) is 0 Å². The van der Waals surface area contributed by atoms with Crippen molar-refractivity contribution in [2.24, 2.45) is 0 Å². The smallest absolute Gasteiger partial charge is 0.317 e. The van der Waals surface area contributed by atoms with E-state index >= 15 is 0 Å². The number of piperazine rings is 1. The summed E-state index contributed by atoms with van der Waals surface area (Å²) < 4.78 is 5.68. The Morgan fingerprint density at radius 1 is 1.11 bits per heavy atom. The first-order chi connectivity index (χ1) is 13.6. The molecule has 0 unspecified atom stereocenters. The van der Waals surface area contributed by atoms with Gasteiger partial charge < -0.3 is 19.9 Å². The van der Waals surface area contributed by atoms with Gasteiger partial charge in [-0.05, 0) is 24.6 Å². The predicted octanol–water partition coefficient (Wildman–Crippen LogP) is 2.81. The van der Waals surface area contributed by atoms with Crippen LogP contribution in [0.15, 0.2) is 48.5 Å². The fourth-order valence-corrected chi connectivity index (χ4v) is 3.19. The second-order valence-electron chi connectivity index (χ2n) is 6.57. The molecule has 0 aromatic heterocycles. The van der Waals surface area contributed by atoms with E-state index in [9.17, 15) is 14.9 Å². The Balaban J connectivity index is 1.44. The first-order valence-corrected chi connectivity index (χ1v) is 9.26. The molecule has 2 aromatic carbocycles. The molecule has 0 radical (unpaired) electrons. The lowest BCUT2D eigenvalue weighted by molar-refractivity contribution is -0.384. The van der Waals surface area contributed by atoms with Crippen LogP contribution in [0.3, 0.4) is 0 Å². The van der Waals surface area contributed by atoms with E-state index in [4.69, 9.17) is 4.74 Å². The molecule has 8 nitrogen and oxygen atoms in total. The number of hydrogen-bond acceptors (Lipinski definition) is 5. The maximum Gasteiger partial charge on any atom is 0.317 e. The normalized spacial score (nSPS) is 13.9. The molecule has 1 fully saturated rings. The number of rotatable bonds is 6. The summed E-state index contributed by atoms with van der Waals surface area (Å²) in [5, 5.41) is 14.1. The second-order valence-corrected chi connectivity index (χ2v) is 6.57. The summed E-state index contributed by atoms with van der Waals surface area (Å²) in [5.74, 6) is 0.815. The lowest BCUT2D eigenvalue weighted by Gasteiger charge is -2.35. The van der Waals surface area contributed by atoms with E-state index in [0.717, 1.165) is 11.3 Å². The quantitative estimate of drug-likeness (QED) is 0.470. The number of benzene rings is 2. The molecule has 2 amide bonds. The maximum absolute atomic E-state index is 12.3. The van der Waals surface area contributed by atoms with Gasteiger partial charge in [0.05, 0.1) is 11.5 Å². The molecule has 28 heavy (non-hydrogen) atoms. The monoisotopic (exact) mass is 384 g/mol. The molecular weight excluding hydrogens is 360 g/mol. The van der Waals surface area contributed by atoms with Crippen LogP contribution in [-0.4, -0.2) is 55.2 Å². The van der Waals surface area contributed by atoms with Crippen LogP contribution in [0.1, 0.15) is 5.56 Å². The van der Waals surface area contributed by atoms with Crippen molar-refractivity contribution in [3.05, 3.63) is 64.2 Å². The van der Waals surface area contributed by atoms with E-state index in [1.54, 1.807) is 23.1 Å². The molecule has 0 aliphatic carbocycles. The van der Waals surface area contributed by atoms with Crippen LogP contribution in [0.5, 0.6) is 5.75 Å². The van der Waals surface area contributed by atoms with E-state index < -0.39 is 0 Å². The highest BCUT2D eigenvalue weighted by molar-refractivity contribution is 5.74. The van der Waals surface area contributed by atoms with Gasteiger partial charge in [0.15, 0.2) is 0 Å². The maximum atomic E-state index is 12.3. The molecule has 3 rings (SSSR count). The summed E-state index contributed by atoms with van der Waals surface area (Å²) in [7, 11) is 0. The molecule has 1 saturated heterocycles. The fraction of sp³-hybridized carbons (Fsp3) is 0.350. The van der Waals surface area contributed by atoms with Crippen molar-refractivity contribution in [3.8, 4) is 5.75 Å². The Bertz CT molecular complexity index is 834. The molecule has 1 heterocycles. The number of ether oxygens (including phenoxy) is 1. The van der Waals surface area contributed by atoms with Gasteiger partial charge in [0.2, 0.25) is 0 Å². The van der Waals surface area contributed by atoms with Gasteiger partial charge in [0.1, 0.15) is 18.0 Å². The lowest BCUT2D eigenvalue weighted by atomic mass is 10.2. The molecule has 0 spiro atoms. The van der Waals surface area contributed by atoms with Crippen molar-refractivity contribution in [1.82, 2.24) is 10.2 Å². The van der Waals surface area contributed by atoms with E-state index in [1.165, 1.54) is 6.07 Å². The minimum Gasteiger partial charge on any atom is -0.491 e. The fourth-order valence-electron chi connectivity index (χ4n) is 3.19. The van der Waals surface area contributed by atoms with Crippen molar-refractivity contribution in [2.45, 2.75) is 6.92 Å². The molecule has 1 aliphatic rings. The molecule has 148 valence electrons. The summed E-state index contributed by atoms with van der Waals surface area (Å²) >= 11 is 0.